The molecule has 0 amide bonds. The SMILES string of the molecule is Nc1cc(O)ccc1COc1cccc(O)c1. The number of anilines is 1. The van der Waals surface area contributed by atoms with Crippen LogP contribution in [0.2, 0.25) is 0 Å². The van der Waals surface area contributed by atoms with Crippen molar-refractivity contribution in [1.29, 1.82) is 0 Å². The first-order chi connectivity index (χ1) is 8.15. The van der Waals surface area contributed by atoms with Crippen molar-refractivity contribution in [3.05, 3.63) is 48.0 Å². The van der Waals surface area contributed by atoms with Crippen LogP contribution in [0.3, 0.4) is 0 Å². The lowest BCUT2D eigenvalue weighted by Crippen LogP contribution is -1.99. The maximum atomic E-state index is 9.26. The zero-order valence-corrected chi connectivity index (χ0v) is 9.13. The molecule has 4 heteroatoms. The van der Waals surface area contributed by atoms with Gasteiger partial charge in [-0.2, -0.15) is 0 Å². The number of nitrogen functional groups attached to an aromatic ring is 1. The van der Waals surface area contributed by atoms with Gasteiger partial charge in [-0.1, -0.05) is 6.07 Å². The maximum Gasteiger partial charge on any atom is 0.123 e. The Morgan fingerprint density at radius 1 is 1.00 bits per heavy atom. The molecular formula is C13H13NO3. The summed E-state index contributed by atoms with van der Waals surface area (Å²) >= 11 is 0. The predicted octanol–water partition coefficient (Wildman–Crippen LogP) is 2.26. The maximum absolute atomic E-state index is 9.26. The molecule has 0 aliphatic heterocycles. The molecule has 4 nitrogen and oxygen atoms in total. The number of benzene rings is 2. The molecule has 0 fully saturated rings. The molecule has 0 saturated heterocycles. The number of rotatable bonds is 3. The van der Waals surface area contributed by atoms with Gasteiger partial charge >= 0.3 is 0 Å². The van der Waals surface area contributed by atoms with E-state index in [-0.39, 0.29) is 18.1 Å². The van der Waals surface area contributed by atoms with Gasteiger partial charge < -0.3 is 20.7 Å². The molecule has 0 heterocycles. The van der Waals surface area contributed by atoms with Crippen molar-refractivity contribution in [2.75, 3.05) is 5.73 Å². The first-order valence-corrected chi connectivity index (χ1v) is 5.14. The summed E-state index contributed by atoms with van der Waals surface area (Å²) in [6.07, 6.45) is 0. The van der Waals surface area contributed by atoms with E-state index in [0.29, 0.717) is 11.4 Å². The predicted molar refractivity (Wildman–Crippen MR) is 65.0 cm³/mol. The number of aromatic hydroxyl groups is 2. The highest BCUT2D eigenvalue weighted by Crippen LogP contribution is 2.22. The first-order valence-electron chi connectivity index (χ1n) is 5.14. The molecule has 0 aliphatic rings. The lowest BCUT2D eigenvalue weighted by atomic mass is 10.2. The number of nitrogens with two attached hydrogens (primary N) is 1. The van der Waals surface area contributed by atoms with E-state index in [0.717, 1.165) is 5.56 Å². The normalized spacial score (nSPS) is 10.1. The van der Waals surface area contributed by atoms with Gasteiger partial charge in [-0.3, -0.25) is 0 Å². The largest absolute Gasteiger partial charge is 0.508 e. The molecule has 0 bridgehead atoms. The third-order valence-corrected chi connectivity index (χ3v) is 2.34. The van der Waals surface area contributed by atoms with Crippen LogP contribution < -0.4 is 10.5 Å². The molecule has 17 heavy (non-hydrogen) atoms. The fourth-order valence-corrected chi connectivity index (χ4v) is 1.45. The Morgan fingerprint density at radius 3 is 2.47 bits per heavy atom. The molecule has 88 valence electrons. The van der Waals surface area contributed by atoms with Crippen LogP contribution >= 0.6 is 0 Å². The fraction of sp³-hybridized carbons (Fsp3) is 0.0769. The van der Waals surface area contributed by atoms with Crippen LogP contribution in [0, 0.1) is 0 Å². The Hall–Kier alpha value is -2.36. The standard InChI is InChI=1S/C13H13NO3/c14-13-7-11(16)5-4-9(13)8-17-12-3-1-2-10(15)6-12/h1-7,15-16H,8,14H2. The summed E-state index contributed by atoms with van der Waals surface area (Å²) < 4.78 is 5.47. The van der Waals surface area contributed by atoms with E-state index < -0.39 is 0 Å². The second-order valence-corrected chi connectivity index (χ2v) is 3.67. The smallest absolute Gasteiger partial charge is 0.123 e. The molecule has 2 aromatic rings. The second-order valence-electron chi connectivity index (χ2n) is 3.67. The first kappa shape index (κ1) is 11.1. The van der Waals surface area contributed by atoms with Crippen LogP contribution in [0.15, 0.2) is 42.5 Å². The van der Waals surface area contributed by atoms with Crippen LogP contribution in [0.4, 0.5) is 5.69 Å². The van der Waals surface area contributed by atoms with Crippen LogP contribution in [0.25, 0.3) is 0 Å². The Morgan fingerprint density at radius 2 is 1.76 bits per heavy atom. The molecule has 0 atom stereocenters. The van der Waals surface area contributed by atoms with E-state index in [1.54, 1.807) is 30.3 Å². The minimum absolute atomic E-state index is 0.128. The molecule has 0 aliphatic carbocycles. The molecule has 0 unspecified atom stereocenters. The third-order valence-electron chi connectivity index (χ3n) is 2.34. The highest BCUT2D eigenvalue weighted by atomic mass is 16.5. The molecule has 4 N–H and O–H groups in total. The summed E-state index contributed by atoms with van der Waals surface area (Å²) in [5.41, 5.74) is 6.99. The van der Waals surface area contributed by atoms with Crippen LogP contribution in [0.1, 0.15) is 5.56 Å². The highest BCUT2D eigenvalue weighted by Gasteiger charge is 2.02. The summed E-state index contributed by atoms with van der Waals surface area (Å²) in [4.78, 5) is 0. The molecule has 0 aromatic heterocycles. The average molecular weight is 231 g/mol. The molecule has 0 spiro atoms. The molecule has 2 rings (SSSR count). The van der Waals surface area contributed by atoms with Gasteiger partial charge in [0.15, 0.2) is 0 Å². The molecular weight excluding hydrogens is 218 g/mol. The summed E-state index contributed by atoms with van der Waals surface area (Å²) in [6.45, 7) is 0.287. The van der Waals surface area contributed by atoms with E-state index in [1.807, 2.05) is 0 Å². The Kier molecular flexibility index (Phi) is 3.05. The number of phenols is 2. The number of phenolic OH excluding ortho intramolecular Hbond substituents is 2. The van der Waals surface area contributed by atoms with Crippen molar-refractivity contribution in [3.63, 3.8) is 0 Å². The Labute approximate surface area is 98.9 Å². The summed E-state index contributed by atoms with van der Waals surface area (Å²) in [5, 5.41) is 18.5. The molecule has 2 aromatic carbocycles. The Balaban J connectivity index is 2.07. The summed E-state index contributed by atoms with van der Waals surface area (Å²) in [5.74, 6) is 0.849. The molecule has 0 saturated carbocycles. The minimum Gasteiger partial charge on any atom is -0.508 e. The van der Waals surface area contributed by atoms with Gasteiger partial charge in [0.2, 0.25) is 0 Å². The Bertz CT molecular complexity index is 526. The van der Waals surface area contributed by atoms with E-state index in [9.17, 15) is 10.2 Å². The lowest BCUT2D eigenvalue weighted by Gasteiger charge is -2.09. The van der Waals surface area contributed by atoms with Crippen LogP contribution in [0.5, 0.6) is 17.2 Å². The van der Waals surface area contributed by atoms with Crippen LogP contribution in [-0.2, 0) is 6.61 Å². The number of ether oxygens (including phenoxy) is 1. The van der Waals surface area contributed by atoms with Gasteiger partial charge in [-0.25, -0.2) is 0 Å². The van der Waals surface area contributed by atoms with Gasteiger partial charge in [0, 0.05) is 23.4 Å². The minimum atomic E-state index is 0.128. The van der Waals surface area contributed by atoms with Gasteiger partial charge in [0.25, 0.3) is 0 Å². The van der Waals surface area contributed by atoms with Crippen molar-refractivity contribution < 1.29 is 14.9 Å². The molecule has 0 radical (unpaired) electrons. The zero-order valence-electron chi connectivity index (χ0n) is 9.13. The van der Waals surface area contributed by atoms with E-state index in [4.69, 9.17) is 10.5 Å². The van der Waals surface area contributed by atoms with Crippen LogP contribution in [-0.4, -0.2) is 10.2 Å². The summed E-state index contributed by atoms with van der Waals surface area (Å²) in [6, 6.07) is 11.3. The lowest BCUT2D eigenvalue weighted by molar-refractivity contribution is 0.305. The van der Waals surface area contributed by atoms with Gasteiger partial charge in [-0.15, -0.1) is 0 Å². The van der Waals surface area contributed by atoms with Gasteiger partial charge in [-0.05, 0) is 24.3 Å². The topological polar surface area (TPSA) is 75.7 Å². The van der Waals surface area contributed by atoms with Gasteiger partial charge in [0.1, 0.15) is 23.9 Å². The fourth-order valence-electron chi connectivity index (χ4n) is 1.45. The van der Waals surface area contributed by atoms with E-state index in [2.05, 4.69) is 0 Å². The zero-order chi connectivity index (χ0) is 12.3. The van der Waals surface area contributed by atoms with Crippen molar-refractivity contribution in [2.45, 2.75) is 6.61 Å². The highest BCUT2D eigenvalue weighted by molar-refractivity contribution is 5.50. The quantitative estimate of drug-likeness (QED) is 0.708. The van der Waals surface area contributed by atoms with Gasteiger partial charge in [0.05, 0.1) is 0 Å². The van der Waals surface area contributed by atoms with Crippen molar-refractivity contribution in [1.82, 2.24) is 0 Å². The van der Waals surface area contributed by atoms with Crippen molar-refractivity contribution >= 4 is 5.69 Å². The summed E-state index contributed by atoms with van der Waals surface area (Å²) in [7, 11) is 0. The van der Waals surface area contributed by atoms with E-state index >= 15 is 0 Å². The van der Waals surface area contributed by atoms with Crippen molar-refractivity contribution in [2.24, 2.45) is 0 Å². The number of hydrogen-bond acceptors (Lipinski definition) is 4. The average Bonchev–Trinajstić information content (AvgIpc) is 2.28. The second kappa shape index (κ2) is 4.65. The van der Waals surface area contributed by atoms with Crippen molar-refractivity contribution in [3.8, 4) is 17.2 Å². The number of hydrogen-bond donors (Lipinski definition) is 3. The third kappa shape index (κ3) is 2.81. The monoisotopic (exact) mass is 231 g/mol. The van der Waals surface area contributed by atoms with E-state index in [1.165, 1.54) is 12.1 Å².